The van der Waals surface area contributed by atoms with E-state index in [0.717, 1.165) is 0 Å². The Balaban J connectivity index is 2.73. The second kappa shape index (κ2) is 5.96. The Labute approximate surface area is 119 Å². The molecular formula is C11H15BrN4O3. The van der Waals surface area contributed by atoms with Crippen molar-refractivity contribution in [3.63, 3.8) is 0 Å². The Bertz CT molecular complexity index is 499. The summed E-state index contributed by atoms with van der Waals surface area (Å²) < 4.78 is 0.504. The fourth-order valence-corrected chi connectivity index (χ4v) is 1.65. The number of anilines is 1. The molecule has 1 rings (SSSR count). The summed E-state index contributed by atoms with van der Waals surface area (Å²) in [4.78, 5) is 25.8. The number of carbonyl (C=O) groups is 1. The Morgan fingerprint density at radius 2 is 2.16 bits per heavy atom. The maximum Gasteiger partial charge on any atom is 0.312 e. The lowest BCUT2D eigenvalue weighted by Gasteiger charge is -2.20. The number of nitro groups is 1. The van der Waals surface area contributed by atoms with Crippen molar-refractivity contribution in [3.8, 4) is 0 Å². The van der Waals surface area contributed by atoms with Gasteiger partial charge in [0.2, 0.25) is 11.7 Å². The molecule has 0 saturated heterocycles. The summed E-state index contributed by atoms with van der Waals surface area (Å²) in [6, 6.07) is 1.33. The second-order valence-corrected chi connectivity index (χ2v) is 5.85. The van der Waals surface area contributed by atoms with Gasteiger partial charge in [-0.1, -0.05) is 0 Å². The van der Waals surface area contributed by atoms with E-state index in [1.807, 2.05) is 20.8 Å². The first-order valence-electron chi connectivity index (χ1n) is 5.54. The fourth-order valence-electron chi connectivity index (χ4n) is 1.33. The molecule has 104 valence electrons. The highest BCUT2D eigenvalue weighted by atomic mass is 79.9. The van der Waals surface area contributed by atoms with Gasteiger partial charge in [-0.3, -0.25) is 14.9 Å². The Hall–Kier alpha value is -1.70. The van der Waals surface area contributed by atoms with Crippen molar-refractivity contribution < 1.29 is 9.72 Å². The minimum atomic E-state index is -0.554. The molecule has 0 radical (unpaired) electrons. The maximum atomic E-state index is 11.6. The molecule has 0 unspecified atom stereocenters. The van der Waals surface area contributed by atoms with Gasteiger partial charge < -0.3 is 10.6 Å². The first-order chi connectivity index (χ1) is 8.69. The van der Waals surface area contributed by atoms with Gasteiger partial charge in [0.15, 0.2) is 0 Å². The van der Waals surface area contributed by atoms with Gasteiger partial charge in [0, 0.05) is 22.3 Å². The quantitative estimate of drug-likeness (QED) is 0.650. The molecule has 0 spiro atoms. The maximum absolute atomic E-state index is 11.6. The van der Waals surface area contributed by atoms with E-state index in [0.29, 0.717) is 4.47 Å². The number of hydrogen-bond acceptors (Lipinski definition) is 5. The number of carbonyl (C=O) groups excluding carboxylic acids is 1. The molecule has 8 heteroatoms. The molecule has 0 aliphatic rings. The topological polar surface area (TPSA) is 97.2 Å². The summed E-state index contributed by atoms with van der Waals surface area (Å²) in [6.07, 6.45) is 1.43. The summed E-state index contributed by atoms with van der Waals surface area (Å²) in [5.74, 6) is -0.191. The summed E-state index contributed by atoms with van der Waals surface area (Å²) in [5, 5.41) is 16.3. The van der Waals surface area contributed by atoms with Crippen molar-refractivity contribution in [1.82, 2.24) is 10.3 Å². The molecule has 2 N–H and O–H groups in total. The van der Waals surface area contributed by atoms with Gasteiger partial charge in [-0.15, -0.1) is 0 Å². The molecule has 0 bridgehead atoms. The van der Waals surface area contributed by atoms with Gasteiger partial charge in [0.25, 0.3) is 0 Å². The van der Waals surface area contributed by atoms with Gasteiger partial charge >= 0.3 is 5.69 Å². The molecule has 0 aromatic carbocycles. The van der Waals surface area contributed by atoms with E-state index in [1.165, 1.54) is 12.3 Å². The molecule has 1 aromatic heterocycles. The lowest BCUT2D eigenvalue weighted by Crippen LogP contribution is -2.43. The number of aromatic nitrogens is 1. The third kappa shape index (κ3) is 5.21. The van der Waals surface area contributed by atoms with Crippen LogP contribution in [0.25, 0.3) is 0 Å². The predicted molar refractivity (Wildman–Crippen MR) is 75.0 cm³/mol. The molecule has 0 fully saturated rings. The minimum absolute atomic E-state index is 0.0669. The van der Waals surface area contributed by atoms with E-state index in [2.05, 4.69) is 31.5 Å². The van der Waals surface area contributed by atoms with Crippen LogP contribution in [0.5, 0.6) is 0 Å². The number of nitrogens with one attached hydrogen (secondary N) is 2. The van der Waals surface area contributed by atoms with Gasteiger partial charge in [-0.25, -0.2) is 4.98 Å². The first-order valence-corrected chi connectivity index (χ1v) is 6.33. The Kier molecular flexibility index (Phi) is 4.82. The van der Waals surface area contributed by atoms with Crippen molar-refractivity contribution in [2.75, 3.05) is 11.9 Å². The van der Waals surface area contributed by atoms with Crippen LogP contribution in [0.4, 0.5) is 11.5 Å². The normalized spacial score (nSPS) is 10.9. The highest BCUT2D eigenvalue weighted by molar-refractivity contribution is 9.10. The van der Waals surface area contributed by atoms with Crippen molar-refractivity contribution in [2.24, 2.45) is 0 Å². The third-order valence-electron chi connectivity index (χ3n) is 1.96. The predicted octanol–water partition coefficient (Wildman–Crippen LogP) is 2.08. The fraction of sp³-hybridized carbons (Fsp3) is 0.455. The van der Waals surface area contributed by atoms with Crippen LogP contribution in [0.3, 0.4) is 0 Å². The van der Waals surface area contributed by atoms with Crippen molar-refractivity contribution in [2.45, 2.75) is 26.3 Å². The first kappa shape index (κ1) is 15.4. The molecular weight excluding hydrogens is 316 g/mol. The SMILES string of the molecule is CC(C)(C)NC(=O)CNc1ncc(Br)cc1[N+](=O)[O-]. The molecule has 19 heavy (non-hydrogen) atoms. The largest absolute Gasteiger partial charge is 0.355 e. The molecule has 7 nitrogen and oxygen atoms in total. The Morgan fingerprint density at radius 1 is 1.53 bits per heavy atom. The molecule has 1 heterocycles. The number of halogens is 1. The smallest absolute Gasteiger partial charge is 0.312 e. The van der Waals surface area contributed by atoms with Crippen LogP contribution >= 0.6 is 15.9 Å². The summed E-state index contributed by atoms with van der Waals surface area (Å²) >= 11 is 3.11. The zero-order valence-electron chi connectivity index (χ0n) is 10.9. The highest BCUT2D eigenvalue weighted by Gasteiger charge is 2.18. The molecule has 0 saturated carbocycles. The zero-order valence-corrected chi connectivity index (χ0v) is 12.4. The van der Waals surface area contributed by atoms with Crippen molar-refractivity contribution in [1.29, 1.82) is 0 Å². The van der Waals surface area contributed by atoms with E-state index < -0.39 is 4.92 Å². The minimum Gasteiger partial charge on any atom is -0.355 e. The second-order valence-electron chi connectivity index (χ2n) is 4.93. The van der Waals surface area contributed by atoms with Crippen LogP contribution < -0.4 is 10.6 Å². The van der Waals surface area contributed by atoms with Crippen LogP contribution in [-0.2, 0) is 4.79 Å². The molecule has 0 atom stereocenters. The molecule has 1 aromatic rings. The molecule has 0 aliphatic heterocycles. The number of hydrogen-bond donors (Lipinski definition) is 2. The Morgan fingerprint density at radius 3 is 2.68 bits per heavy atom. The number of rotatable bonds is 4. The van der Waals surface area contributed by atoms with E-state index in [9.17, 15) is 14.9 Å². The van der Waals surface area contributed by atoms with Crippen LogP contribution in [0.15, 0.2) is 16.7 Å². The summed E-state index contributed by atoms with van der Waals surface area (Å²) in [6.45, 7) is 5.48. The lowest BCUT2D eigenvalue weighted by atomic mass is 10.1. The standard InChI is InChI=1S/C11H15BrN4O3/c1-11(2,3)15-9(17)6-14-10-8(16(18)19)4-7(12)5-13-10/h4-5H,6H2,1-3H3,(H,13,14)(H,15,17). The number of amides is 1. The van der Waals surface area contributed by atoms with Crippen molar-refractivity contribution in [3.05, 3.63) is 26.9 Å². The van der Waals surface area contributed by atoms with E-state index in [4.69, 9.17) is 0 Å². The van der Waals surface area contributed by atoms with E-state index in [1.54, 1.807) is 0 Å². The highest BCUT2D eigenvalue weighted by Crippen LogP contribution is 2.24. The van der Waals surface area contributed by atoms with Gasteiger partial charge in [-0.05, 0) is 36.7 Å². The van der Waals surface area contributed by atoms with E-state index in [-0.39, 0.29) is 29.5 Å². The lowest BCUT2D eigenvalue weighted by molar-refractivity contribution is -0.384. The third-order valence-corrected chi connectivity index (χ3v) is 2.40. The zero-order chi connectivity index (χ0) is 14.6. The van der Waals surface area contributed by atoms with Crippen LogP contribution in [0.2, 0.25) is 0 Å². The van der Waals surface area contributed by atoms with Gasteiger partial charge in [0.1, 0.15) is 0 Å². The van der Waals surface area contributed by atoms with Crippen molar-refractivity contribution >= 4 is 33.3 Å². The molecule has 1 amide bonds. The van der Waals surface area contributed by atoms with Gasteiger partial charge in [-0.2, -0.15) is 0 Å². The summed E-state index contributed by atoms with van der Waals surface area (Å²) in [5.41, 5.74) is -0.532. The monoisotopic (exact) mass is 330 g/mol. The van der Waals surface area contributed by atoms with E-state index >= 15 is 0 Å². The van der Waals surface area contributed by atoms with Gasteiger partial charge in [0.05, 0.1) is 11.5 Å². The van der Waals surface area contributed by atoms with Crippen LogP contribution in [-0.4, -0.2) is 27.9 Å². The number of pyridine rings is 1. The summed E-state index contributed by atoms with van der Waals surface area (Å²) in [7, 11) is 0. The number of nitrogens with zero attached hydrogens (tertiary/aromatic N) is 2. The average Bonchev–Trinajstić information content (AvgIpc) is 2.24. The van der Waals surface area contributed by atoms with Crippen LogP contribution in [0.1, 0.15) is 20.8 Å². The average molecular weight is 331 g/mol. The molecule has 0 aliphatic carbocycles. The van der Waals surface area contributed by atoms with Crippen LogP contribution in [0, 0.1) is 10.1 Å².